The van der Waals surface area contributed by atoms with E-state index in [0.717, 1.165) is 12.8 Å². The molecule has 1 aliphatic carbocycles. The molecule has 9 atom stereocenters. The van der Waals surface area contributed by atoms with Gasteiger partial charge in [0.1, 0.15) is 12.2 Å². The van der Waals surface area contributed by atoms with E-state index in [1.807, 2.05) is 6.92 Å². The Kier molecular flexibility index (Phi) is 5.55. The second kappa shape index (κ2) is 6.84. The number of hydrogen-bond acceptors (Lipinski definition) is 8. The van der Waals surface area contributed by atoms with Gasteiger partial charge in [-0.3, -0.25) is 0 Å². The monoisotopic (exact) mass is 304 g/mol. The summed E-state index contributed by atoms with van der Waals surface area (Å²) in [4.78, 5) is 0. The van der Waals surface area contributed by atoms with E-state index in [4.69, 9.17) is 32.4 Å². The van der Waals surface area contributed by atoms with E-state index in [0.29, 0.717) is 6.42 Å². The van der Waals surface area contributed by atoms with Crippen LogP contribution in [0.2, 0.25) is 0 Å². The third-order valence-corrected chi connectivity index (χ3v) is 4.41. The van der Waals surface area contributed by atoms with E-state index < -0.39 is 36.7 Å². The maximum atomic E-state index is 10.1. The number of aliphatic hydroxyl groups is 2. The van der Waals surface area contributed by atoms with Gasteiger partial charge in [-0.1, -0.05) is 0 Å². The van der Waals surface area contributed by atoms with Crippen molar-refractivity contribution in [3.8, 4) is 0 Å². The lowest BCUT2D eigenvalue weighted by Crippen LogP contribution is -2.64. The van der Waals surface area contributed by atoms with Crippen LogP contribution in [0, 0.1) is 0 Å². The molecule has 0 radical (unpaired) electrons. The smallest absolute Gasteiger partial charge is 0.173 e. The predicted molar refractivity (Wildman–Crippen MR) is 77.0 cm³/mol. The highest BCUT2D eigenvalue weighted by molar-refractivity contribution is 4.98. The van der Waals surface area contributed by atoms with Gasteiger partial charge in [-0.2, -0.15) is 0 Å². The number of nitrogens with two attached hydrogens (primary N) is 4. The first kappa shape index (κ1) is 17.0. The standard InChI is InChI=1S/C13H28N4O4/c1-5(14)9-3-2-6(15)13(20-9)21-12-8(17)4-7(16)10(18)11(12)19/h5-13,18-19H,2-4,14-17H2,1H3/t5-,6+,7-,8+,9+,10+,11-,12-,13-/m1/s1. The summed E-state index contributed by atoms with van der Waals surface area (Å²) in [5.41, 5.74) is 23.6. The Morgan fingerprint density at radius 2 is 1.71 bits per heavy atom. The molecule has 2 rings (SSSR count). The van der Waals surface area contributed by atoms with Crippen LogP contribution in [0.3, 0.4) is 0 Å². The molecule has 10 N–H and O–H groups in total. The summed E-state index contributed by atoms with van der Waals surface area (Å²) in [6.07, 6.45) is -1.97. The van der Waals surface area contributed by atoms with Crippen molar-refractivity contribution in [3.05, 3.63) is 0 Å². The zero-order chi connectivity index (χ0) is 15.7. The molecule has 0 spiro atoms. The molecule has 124 valence electrons. The summed E-state index contributed by atoms with van der Waals surface area (Å²) in [7, 11) is 0. The van der Waals surface area contributed by atoms with Crippen molar-refractivity contribution in [3.63, 3.8) is 0 Å². The summed E-state index contributed by atoms with van der Waals surface area (Å²) in [5.74, 6) is 0. The molecule has 2 fully saturated rings. The molecule has 2 aliphatic rings. The van der Waals surface area contributed by atoms with Crippen molar-refractivity contribution in [2.45, 2.75) is 81.1 Å². The number of hydrogen-bond donors (Lipinski definition) is 6. The molecule has 8 nitrogen and oxygen atoms in total. The maximum absolute atomic E-state index is 10.1. The third-order valence-electron chi connectivity index (χ3n) is 4.41. The van der Waals surface area contributed by atoms with Crippen LogP contribution < -0.4 is 22.9 Å². The summed E-state index contributed by atoms with van der Waals surface area (Å²) in [6, 6.07) is -1.49. The molecule has 1 saturated heterocycles. The lowest BCUT2D eigenvalue weighted by Gasteiger charge is -2.44. The highest BCUT2D eigenvalue weighted by atomic mass is 16.7. The van der Waals surface area contributed by atoms with Gasteiger partial charge in [0.05, 0.1) is 18.2 Å². The Labute approximate surface area is 124 Å². The van der Waals surface area contributed by atoms with E-state index in [-0.39, 0.29) is 18.2 Å². The fourth-order valence-corrected chi connectivity index (χ4v) is 2.98. The Hall–Kier alpha value is -0.320. The lowest BCUT2D eigenvalue weighted by molar-refractivity contribution is -0.255. The Bertz CT molecular complexity index is 346. The minimum Gasteiger partial charge on any atom is -0.389 e. The molecule has 1 aliphatic heterocycles. The van der Waals surface area contributed by atoms with Gasteiger partial charge < -0.3 is 42.6 Å². The predicted octanol–water partition coefficient (Wildman–Crippen LogP) is -2.67. The SMILES string of the molecule is C[C@@H](N)[C@@H]1CC[C@H](N)[C@@H](O[C@H]2[C@H](O)[C@@H](O)[C@H](N)C[C@@H]2N)O1. The molecule has 0 unspecified atom stereocenters. The van der Waals surface area contributed by atoms with E-state index in [9.17, 15) is 10.2 Å². The first-order chi connectivity index (χ1) is 9.81. The van der Waals surface area contributed by atoms with Crippen molar-refractivity contribution in [2.24, 2.45) is 22.9 Å². The van der Waals surface area contributed by atoms with E-state index in [1.54, 1.807) is 0 Å². The normalized spacial score (nSPS) is 49.9. The lowest BCUT2D eigenvalue weighted by atomic mass is 9.84. The van der Waals surface area contributed by atoms with Gasteiger partial charge in [0.25, 0.3) is 0 Å². The van der Waals surface area contributed by atoms with E-state index in [2.05, 4.69) is 0 Å². The van der Waals surface area contributed by atoms with Crippen LogP contribution in [-0.4, -0.2) is 65.1 Å². The molecule has 8 heteroatoms. The molecule has 0 bridgehead atoms. The van der Waals surface area contributed by atoms with Gasteiger partial charge in [-0.15, -0.1) is 0 Å². The van der Waals surface area contributed by atoms with E-state index in [1.165, 1.54) is 0 Å². The van der Waals surface area contributed by atoms with Crippen molar-refractivity contribution < 1.29 is 19.7 Å². The highest BCUT2D eigenvalue weighted by Crippen LogP contribution is 2.27. The van der Waals surface area contributed by atoms with Gasteiger partial charge in [-0.05, 0) is 26.2 Å². The fraction of sp³-hybridized carbons (Fsp3) is 1.00. The minimum absolute atomic E-state index is 0.132. The molecule has 1 heterocycles. The summed E-state index contributed by atoms with van der Waals surface area (Å²) < 4.78 is 11.5. The van der Waals surface area contributed by atoms with Crippen LogP contribution >= 0.6 is 0 Å². The van der Waals surface area contributed by atoms with Crippen LogP contribution in [0.4, 0.5) is 0 Å². The van der Waals surface area contributed by atoms with Crippen LogP contribution in [0.25, 0.3) is 0 Å². The molecule has 0 amide bonds. The Balaban J connectivity index is 2.01. The van der Waals surface area contributed by atoms with Gasteiger partial charge in [0.15, 0.2) is 6.29 Å². The summed E-state index contributed by atoms with van der Waals surface area (Å²) in [6.45, 7) is 1.86. The number of ether oxygens (including phenoxy) is 2. The molecular weight excluding hydrogens is 276 g/mol. The summed E-state index contributed by atoms with van der Waals surface area (Å²) >= 11 is 0. The highest BCUT2D eigenvalue weighted by Gasteiger charge is 2.44. The first-order valence-corrected chi connectivity index (χ1v) is 7.50. The molecule has 21 heavy (non-hydrogen) atoms. The van der Waals surface area contributed by atoms with Gasteiger partial charge in [0, 0.05) is 18.1 Å². The number of aliphatic hydroxyl groups excluding tert-OH is 2. The zero-order valence-electron chi connectivity index (χ0n) is 12.3. The second-order valence-corrected chi connectivity index (χ2v) is 6.29. The van der Waals surface area contributed by atoms with Crippen LogP contribution in [0.15, 0.2) is 0 Å². The Morgan fingerprint density at radius 1 is 1.05 bits per heavy atom. The Morgan fingerprint density at radius 3 is 2.33 bits per heavy atom. The van der Waals surface area contributed by atoms with Crippen molar-refractivity contribution >= 4 is 0 Å². The number of rotatable bonds is 3. The van der Waals surface area contributed by atoms with Gasteiger partial charge in [-0.25, -0.2) is 0 Å². The van der Waals surface area contributed by atoms with Crippen molar-refractivity contribution in [1.82, 2.24) is 0 Å². The van der Waals surface area contributed by atoms with Crippen LogP contribution in [0.1, 0.15) is 26.2 Å². The quantitative estimate of drug-likeness (QED) is 0.329. The van der Waals surface area contributed by atoms with Crippen molar-refractivity contribution in [1.29, 1.82) is 0 Å². The van der Waals surface area contributed by atoms with Crippen LogP contribution in [0.5, 0.6) is 0 Å². The molecule has 0 aromatic carbocycles. The fourth-order valence-electron chi connectivity index (χ4n) is 2.98. The average molecular weight is 304 g/mol. The minimum atomic E-state index is -1.16. The van der Waals surface area contributed by atoms with Crippen molar-refractivity contribution in [2.75, 3.05) is 0 Å². The molecular formula is C13H28N4O4. The first-order valence-electron chi connectivity index (χ1n) is 7.50. The van der Waals surface area contributed by atoms with Gasteiger partial charge in [0.2, 0.25) is 0 Å². The van der Waals surface area contributed by atoms with Gasteiger partial charge >= 0.3 is 0 Å². The van der Waals surface area contributed by atoms with E-state index >= 15 is 0 Å². The molecule has 0 aromatic heterocycles. The second-order valence-electron chi connectivity index (χ2n) is 6.29. The third kappa shape index (κ3) is 3.72. The summed E-state index contributed by atoms with van der Waals surface area (Å²) in [5, 5.41) is 20.0. The molecule has 1 saturated carbocycles. The molecule has 0 aromatic rings. The average Bonchev–Trinajstić information content (AvgIpc) is 2.42. The topological polar surface area (TPSA) is 163 Å². The maximum Gasteiger partial charge on any atom is 0.173 e. The zero-order valence-corrected chi connectivity index (χ0v) is 12.3. The largest absolute Gasteiger partial charge is 0.389 e. The van der Waals surface area contributed by atoms with Crippen LogP contribution in [-0.2, 0) is 9.47 Å².